The summed E-state index contributed by atoms with van der Waals surface area (Å²) in [4.78, 5) is 18.2. The van der Waals surface area contributed by atoms with Gasteiger partial charge in [0.2, 0.25) is 0 Å². The lowest BCUT2D eigenvalue weighted by Gasteiger charge is -2.29. The molecule has 1 aromatic carbocycles. The number of hydrogen-bond acceptors (Lipinski definition) is 4. The van der Waals surface area contributed by atoms with Gasteiger partial charge in [-0.15, -0.1) is 0 Å². The number of quaternary nitrogens is 1. The Kier molecular flexibility index (Phi) is 4.69. The van der Waals surface area contributed by atoms with Gasteiger partial charge in [-0.3, -0.25) is 0 Å². The molecule has 6 nitrogen and oxygen atoms in total. The number of nitrogens with one attached hydrogen (secondary N) is 1. The molecule has 0 bridgehead atoms. The minimum Gasteiger partial charge on any atom is -0.545 e. The second kappa shape index (κ2) is 7.19. The van der Waals surface area contributed by atoms with Gasteiger partial charge in [-0.05, 0) is 37.6 Å². The predicted molar refractivity (Wildman–Crippen MR) is 109 cm³/mol. The maximum atomic E-state index is 12.1. The molecule has 1 N–H and O–H groups in total. The lowest BCUT2D eigenvalue weighted by molar-refractivity contribution is -0.905. The first-order chi connectivity index (χ1) is 13.9. The summed E-state index contributed by atoms with van der Waals surface area (Å²) in [6.07, 6.45) is 2.05. The van der Waals surface area contributed by atoms with Crippen LogP contribution in [0, 0.1) is 18.3 Å². The smallest absolute Gasteiger partial charge is 0.120 e. The van der Waals surface area contributed by atoms with Crippen LogP contribution in [0.25, 0.3) is 22.6 Å². The standard InChI is InChI=1S/C23H22N4O2/c1-4-27-12-16(9-15-10-17(11-24)26(3)14(15)2)22-19(13-27)21(23(28)29)18-7-5-6-8-20(18)25-22/h5-10H,4,12-13H2,1-3H3,(H,28,29)/b16-9-. The van der Waals surface area contributed by atoms with Gasteiger partial charge < -0.3 is 19.4 Å². The van der Waals surface area contributed by atoms with E-state index in [1.54, 1.807) is 6.07 Å². The molecule has 0 fully saturated rings. The van der Waals surface area contributed by atoms with Crippen LogP contribution in [0.5, 0.6) is 0 Å². The van der Waals surface area contributed by atoms with Crippen LogP contribution >= 0.6 is 0 Å². The first-order valence-electron chi connectivity index (χ1n) is 9.68. The molecule has 29 heavy (non-hydrogen) atoms. The van der Waals surface area contributed by atoms with E-state index in [4.69, 9.17) is 4.98 Å². The number of aromatic nitrogens is 2. The molecular formula is C23H22N4O2. The summed E-state index contributed by atoms with van der Waals surface area (Å²) in [6, 6.07) is 11.4. The van der Waals surface area contributed by atoms with Crippen molar-refractivity contribution in [3.8, 4) is 6.07 Å². The molecule has 0 radical (unpaired) electrons. The number of likely N-dealkylation sites (N-methyl/N-ethyl adjacent to an activating group) is 1. The van der Waals surface area contributed by atoms with Gasteiger partial charge in [-0.1, -0.05) is 18.2 Å². The van der Waals surface area contributed by atoms with Crippen LogP contribution in [-0.2, 0) is 13.6 Å². The van der Waals surface area contributed by atoms with Crippen LogP contribution in [0.4, 0.5) is 0 Å². The highest BCUT2D eigenvalue weighted by molar-refractivity contribution is 6.05. The highest BCUT2D eigenvalue weighted by atomic mass is 16.4. The third-order valence-corrected chi connectivity index (χ3v) is 5.89. The molecule has 1 aliphatic heterocycles. The Hall–Kier alpha value is -3.43. The predicted octanol–water partition coefficient (Wildman–Crippen LogP) is 1.08. The van der Waals surface area contributed by atoms with Crippen LogP contribution in [0.15, 0.2) is 30.3 Å². The largest absolute Gasteiger partial charge is 0.545 e. The molecule has 0 spiro atoms. The zero-order chi connectivity index (χ0) is 20.7. The number of benzene rings is 1. The zero-order valence-electron chi connectivity index (χ0n) is 16.7. The van der Waals surface area contributed by atoms with Crippen LogP contribution in [0.2, 0.25) is 0 Å². The van der Waals surface area contributed by atoms with Crippen molar-refractivity contribution < 1.29 is 14.8 Å². The fourth-order valence-corrected chi connectivity index (χ4v) is 4.12. The van der Waals surface area contributed by atoms with E-state index in [9.17, 15) is 15.2 Å². The summed E-state index contributed by atoms with van der Waals surface area (Å²) in [6.45, 7) is 6.28. The summed E-state index contributed by atoms with van der Waals surface area (Å²) in [5.41, 5.74) is 5.85. The number of rotatable bonds is 3. The van der Waals surface area contributed by atoms with Crippen molar-refractivity contribution in [2.45, 2.75) is 20.4 Å². The molecule has 1 aliphatic rings. The first-order valence-corrected chi connectivity index (χ1v) is 9.68. The maximum Gasteiger partial charge on any atom is 0.120 e. The van der Waals surface area contributed by atoms with Crippen LogP contribution in [-0.4, -0.2) is 28.6 Å². The summed E-state index contributed by atoms with van der Waals surface area (Å²) in [7, 11) is 1.87. The Bertz CT molecular complexity index is 1210. The number of aromatic carboxylic acids is 1. The second-order valence-electron chi connectivity index (χ2n) is 7.49. The van der Waals surface area contributed by atoms with Crippen molar-refractivity contribution in [3.05, 3.63) is 64.1 Å². The Morgan fingerprint density at radius 1 is 1.38 bits per heavy atom. The van der Waals surface area contributed by atoms with E-state index < -0.39 is 5.97 Å². The topological polar surface area (TPSA) is 86.2 Å². The average molecular weight is 386 g/mol. The van der Waals surface area contributed by atoms with Crippen molar-refractivity contribution in [2.24, 2.45) is 7.05 Å². The van der Waals surface area contributed by atoms with Gasteiger partial charge in [0.15, 0.2) is 0 Å². The first kappa shape index (κ1) is 18.9. The lowest BCUT2D eigenvalue weighted by Crippen LogP contribution is -3.11. The molecule has 3 aromatic rings. The number of nitriles is 1. The number of fused-ring (bicyclic) bond motifs is 2. The van der Waals surface area contributed by atoms with Gasteiger partial charge >= 0.3 is 0 Å². The van der Waals surface area contributed by atoms with Crippen molar-refractivity contribution in [2.75, 3.05) is 13.1 Å². The van der Waals surface area contributed by atoms with Gasteiger partial charge in [-0.25, -0.2) is 4.98 Å². The zero-order valence-corrected chi connectivity index (χ0v) is 16.7. The summed E-state index contributed by atoms with van der Waals surface area (Å²) < 4.78 is 1.86. The summed E-state index contributed by atoms with van der Waals surface area (Å²) >= 11 is 0. The van der Waals surface area contributed by atoms with Gasteiger partial charge in [0.1, 0.15) is 24.9 Å². The molecular weight excluding hydrogens is 364 g/mol. The number of carboxylic acids is 1. The summed E-state index contributed by atoms with van der Waals surface area (Å²) in [5.74, 6) is -1.17. The molecule has 4 rings (SSSR count). The van der Waals surface area contributed by atoms with E-state index in [0.717, 1.165) is 41.2 Å². The molecule has 0 saturated heterocycles. The summed E-state index contributed by atoms with van der Waals surface area (Å²) in [5, 5.41) is 22.0. The van der Waals surface area contributed by atoms with Crippen molar-refractivity contribution in [1.82, 2.24) is 9.55 Å². The van der Waals surface area contributed by atoms with E-state index in [2.05, 4.69) is 13.0 Å². The monoisotopic (exact) mass is 386 g/mol. The molecule has 146 valence electrons. The Balaban J connectivity index is 2.00. The fourth-order valence-electron chi connectivity index (χ4n) is 4.12. The molecule has 6 heteroatoms. The van der Waals surface area contributed by atoms with E-state index in [0.29, 0.717) is 23.1 Å². The van der Waals surface area contributed by atoms with Gasteiger partial charge in [0, 0.05) is 34.8 Å². The minimum atomic E-state index is -1.17. The Morgan fingerprint density at radius 2 is 2.14 bits per heavy atom. The second-order valence-corrected chi connectivity index (χ2v) is 7.49. The van der Waals surface area contributed by atoms with E-state index in [-0.39, 0.29) is 5.56 Å². The third kappa shape index (κ3) is 3.10. The highest BCUT2D eigenvalue weighted by Crippen LogP contribution is 2.30. The average Bonchev–Trinajstić information content (AvgIpc) is 2.99. The number of carboxylic acid groups (broad SMARTS) is 1. The Labute approximate surface area is 169 Å². The lowest BCUT2D eigenvalue weighted by atomic mass is 9.92. The number of nitrogens with zero attached hydrogens (tertiary/aromatic N) is 3. The van der Waals surface area contributed by atoms with Crippen LogP contribution in [0.1, 0.15) is 45.5 Å². The number of carbonyl (C=O) groups excluding carboxylic acids is 1. The number of hydrogen-bond donors (Lipinski definition) is 1. The fraction of sp³-hybridized carbons (Fsp3) is 0.261. The van der Waals surface area contributed by atoms with Crippen molar-refractivity contribution in [3.63, 3.8) is 0 Å². The van der Waals surface area contributed by atoms with Gasteiger partial charge in [0.25, 0.3) is 0 Å². The molecule has 1 atom stereocenters. The maximum absolute atomic E-state index is 12.1. The van der Waals surface area contributed by atoms with Crippen molar-refractivity contribution >= 4 is 28.5 Å². The SMILES string of the molecule is CC[NH+]1C/C(=C/c2cc(C#N)n(C)c2C)c2nc3ccccc3c(C(=O)[O-])c2C1. The highest BCUT2D eigenvalue weighted by Gasteiger charge is 2.28. The number of pyridine rings is 1. The molecule has 0 saturated carbocycles. The quantitative estimate of drug-likeness (QED) is 0.730. The van der Waals surface area contributed by atoms with Gasteiger partial charge in [0.05, 0.1) is 23.7 Å². The molecule has 0 amide bonds. The van der Waals surface area contributed by atoms with Crippen LogP contribution in [0.3, 0.4) is 0 Å². The molecule has 1 unspecified atom stereocenters. The Morgan fingerprint density at radius 3 is 2.79 bits per heavy atom. The van der Waals surface area contributed by atoms with Gasteiger partial charge in [-0.2, -0.15) is 5.26 Å². The van der Waals surface area contributed by atoms with E-state index >= 15 is 0 Å². The number of para-hydroxylation sites is 1. The number of carbonyl (C=O) groups is 1. The molecule has 2 aromatic heterocycles. The third-order valence-electron chi connectivity index (χ3n) is 5.89. The normalized spacial score (nSPS) is 17.3. The van der Waals surface area contributed by atoms with E-state index in [1.165, 1.54) is 4.90 Å². The molecule has 3 heterocycles. The van der Waals surface area contributed by atoms with Crippen molar-refractivity contribution in [1.29, 1.82) is 5.26 Å². The van der Waals surface area contributed by atoms with Crippen LogP contribution < -0.4 is 10.0 Å². The molecule has 0 aliphatic carbocycles. The minimum absolute atomic E-state index is 0.240. The van der Waals surface area contributed by atoms with E-state index in [1.807, 2.05) is 48.9 Å².